The van der Waals surface area contributed by atoms with Crippen LogP contribution in [-0.4, -0.2) is 19.2 Å². The first-order valence-corrected chi connectivity index (χ1v) is 7.29. The molecule has 4 heteroatoms. The molecule has 2 aromatic carbocycles. The summed E-state index contributed by atoms with van der Waals surface area (Å²) in [4.78, 5) is 13.5. The van der Waals surface area contributed by atoms with Gasteiger partial charge in [0.1, 0.15) is 0 Å². The average Bonchev–Trinajstić information content (AvgIpc) is 2.55. The summed E-state index contributed by atoms with van der Waals surface area (Å²) in [5.41, 5.74) is 5.68. The third-order valence-electron chi connectivity index (χ3n) is 3.34. The predicted molar refractivity (Wildman–Crippen MR) is 91.5 cm³/mol. The van der Waals surface area contributed by atoms with Crippen molar-refractivity contribution in [3.05, 3.63) is 60.2 Å². The molecule has 0 aliphatic rings. The molecule has 0 spiro atoms. The quantitative estimate of drug-likeness (QED) is 0.677. The fourth-order valence-electron chi connectivity index (χ4n) is 1.88. The zero-order chi connectivity index (χ0) is 15.9. The standard InChI is InChI=1S/C18H21N3O/c1-14(2)18(22)20-19-13-15-9-11-17(12-10-15)21(3)16-7-5-4-6-8-16/h4-14H,1-3H3,(H,20,22). The molecule has 0 aliphatic heterocycles. The Hall–Kier alpha value is -2.62. The molecule has 0 saturated carbocycles. The Morgan fingerprint density at radius 2 is 1.64 bits per heavy atom. The number of carbonyl (C=O) groups is 1. The molecule has 0 heterocycles. The van der Waals surface area contributed by atoms with Crippen LogP contribution in [0.3, 0.4) is 0 Å². The minimum absolute atomic E-state index is 0.0703. The average molecular weight is 295 g/mol. The number of nitrogens with one attached hydrogen (secondary N) is 1. The number of benzene rings is 2. The highest BCUT2D eigenvalue weighted by molar-refractivity contribution is 5.83. The fourth-order valence-corrected chi connectivity index (χ4v) is 1.88. The molecule has 0 saturated heterocycles. The van der Waals surface area contributed by atoms with E-state index in [4.69, 9.17) is 0 Å². The maximum atomic E-state index is 11.4. The van der Waals surface area contributed by atoms with Crippen LogP contribution in [0.5, 0.6) is 0 Å². The molecule has 0 aliphatic carbocycles. The molecule has 0 atom stereocenters. The summed E-state index contributed by atoms with van der Waals surface area (Å²) in [6.45, 7) is 3.66. The van der Waals surface area contributed by atoms with E-state index in [0.29, 0.717) is 0 Å². The third kappa shape index (κ3) is 4.19. The van der Waals surface area contributed by atoms with Gasteiger partial charge in [0.25, 0.3) is 0 Å². The van der Waals surface area contributed by atoms with Gasteiger partial charge in [0.15, 0.2) is 0 Å². The van der Waals surface area contributed by atoms with Crippen LogP contribution in [0.25, 0.3) is 0 Å². The van der Waals surface area contributed by atoms with Crippen molar-refractivity contribution in [2.24, 2.45) is 11.0 Å². The SMILES string of the molecule is CC(C)C(=O)NN=Cc1ccc(N(C)c2ccccc2)cc1. The highest BCUT2D eigenvalue weighted by Crippen LogP contribution is 2.22. The Kier molecular flexibility index (Phi) is 5.31. The monoisotopic (exact) mass is 295 g/mol. The van der Waals surface area contributed by atoms with Gasteiger partial charge in [0.05, 0.1) is 6.21 Å². The van der Waals surface area contributed by atoms with Gasteiger partial charge >= 0.3 is 0 Å². The summed E-state index contributed by atoms with van der Waals surface area (Å²) < 4.78 is 0. The van der Waals surface area contributed by atoms with Gasteiger partial charge in [-0.15, -0.1) is 0 Å². The molecule has 0 radical (unpaired) electrons. The van der Waals surface area contributed by atoms with Crippen molar-refractivity contribution in [2.75, 3.05) is 11.9 Å². The number of hydrogen-bond donors (Lipinski definition) is 1. The van der Waals surface area contributed by atoms with E-state index in [1.54, 1.807) is 6.21 Å². The van der Waals surface area contributed by atoms with Crippen LogP contribution in [-0.2, 0) is 4.79 Å². The zero-order valence-electron chi connectivity index (χ0n) is 13.2. The van der Waals surface area contributed by atoms with Crippen molar-refractivity contribution >= 4 is 23.5 Å². The molecule has 114 valence electrons. The van der Waals surface area contributed by atoms with Crippen LogP contribution in [0.4, 0.5) is 11.4 Å². The molecule has 0 fully saturated rings. The number of carbonyl (C=O) groups excluding carboxylic acids is 1. The first-order valence-electron chi connectivity index (χ1n) is 7.29. The maximum Gasteiger partial charge on any atom is 0.242 e. The number of rotatable bonds is 5. The number of nitrogens with zero attached hydrogens (tertiary/aromatic N) is 2. The summed E-state index contributed by atoms with van der Waals surface area (Å²) >= 11 is 0. The molecule has 0 unspecified atom stereocenters. The number of anilines is 2. The first-order chi connectivity index (χ1) is 10.6. The summed E-state index contributed by atoms with van der Waals surface area (Å²) in [7, 11) is 2.03. The van der Waals surface area contributed by atoms with Gasteiger partial charge in [-0.2, -0.15) is 5.10 Å². The van der Waals surface area contributed by atoms with E-state index in [1.807, 2.05) is 63.4 Å². The second-order valence-electron chi connectivity index (χ2n) is 5.38. The number of hydrogen-bond acceptors (Lipinski definition) is 3. The predicted octanol–water partition coefficient (Wildman–Crippen LogP) is 3.56. The zero-order valence-corrected chi connectivity index (χ0v) is 13.2. The lowest BCUT2D eigenvalue weighted by molar-refractivity contribution is -0.123. The highest BCUT2D eigenvalue weighted by atomic mass is 16.2. The lowest BCUT2D eigenvalue weighted by Gasteiger charge is -2.19. The Labute approximate surface area is 131 Å². The minimum Gasteiger partial charge on any atom is -0.345 e. The second-order valence-corrected chi connectivity index (χ2v) is 5.38. The van der Waals surface area contributed by atoms with Crippen LogP contribution >= 0.6 is 0 Å². The Balaban J connectivity index is 2.01. The largest absolute Gasteiger partial charge is 0.345 e. The Morgan fingerprint density at radius 1 is 1.05 bits per heavy atom. The van der Waals surface area contributed by atoms with Crippen molar-refractivity contribution in [3.63, 3.8) is 0 Å². The van der Waals surface area contributed by atoms with Crippen LogP contribution in [0, 0.1) is 5.92 Å². The van der Waals surface area contributed by atoms with Gasteiger partial charge in [-0.25, -0.2) is 5.43 Å². The molecule has 1 amide bonds. The molecular formula is C18H21N3O. The molecule has 2 rings (SSSR count). The summed E-state index contributed by atoms with van der Waals surface area (Å²) in [6, 6.07) is 18.2. The van der Waals surface area contributed by atoms with E-state index in [1.165, 1.54) is 0 Å². The van der Waals surface area contributed by atoms with Gasteiger partial charge in [-0.1, -0.05) is 44.2 Å². The normalized spacial score (nSPS) is 10.9. The van der Waals surface area contributed by atoms with Crippen molar-refractivity contribution in [1.82, 2.24) is 5.43 Å². The molecule has 4 nitrogen and oxygen atoms in total. The van der Waals surface area contributed by atoms with Crippen molar-refractivity contribution in [1.29, 1.82) is 0 Å². The summed E-state index contributed by atoms with van der Waals surface area (Å²) in [5.74, 6) is -0.157. The van der Waals surface area contributed by atoms with Gasteiger partial charge in [0, 0.05) is 24.3 Å². The van der Waals surface area contributed by atoms with Crippen molar-refractivity contribution in [3.8, 4) is 0 Å². The van der Waals surface area contributed by atoms with Gasteiger partial charge in [-0.3, -0.25) is 4.79 Å². The van der Waals surface area contributed by atoms with Crippen molar-refractivity contribution < 1.29 is 4.79 Å². The van der Waals surface area contributed by atoms with E-state index in [9.17, 15) is 4.79 Å². The van der Waals surface area contributed by atoms with Crippen molar-refractivity contribution in [2.45, 2.75) is 13.8 Å². The fraction of sp³-hybridized carbons (Fsp3) is 0.222. The number of para-hydroxylation sites is 1. The van der Waals surface area contributed by atoms with E-state index < -0.39 is 0 Å². The smallest absolute Gasteiger partial charge is 0.242 e. The lowest BCUT2D eigenvalue weighted by Crippen LogP contribution is -2.22. The van der Waals surface area contributed by atoms with E-state index in [2.05, 4.69) is 27.6 Å². The topological polar surface area (TPSA) is 44.7 Å². The maximum absolute atomic E-state index is 11.4. The molecular weight excluding hydrogens is 274 g/mol. The Bertz CT molecular complexity index is 633. The van der Waals surface area contributed by atoms with Crippen LogP contribution in [0.1, 0.15) is 19.4 Å². The van der Waals surface area contributed by atoms with Gasteiger partial charge in [-0.05, 0) is 29.8 Å². The summed E-state index contributed by atoms with van der Waals surface area (Å²) in [5, 5.41) is 3.96. The van der Waals surface area contributed by atoms with Crippen LogP contribution < -0.4 is 10.3 Å². The van der Waals surface area contributed by atoms with E-state index in [-0.39, 0.29) is 11.8 Å². The van der Waals surface area contributed by atoms with Gasteiger partial charge < -0.3 is 4.90 Å². The molecule has 0 aromatic heterocycles. The van der Waals surface area contributed by atoms with Gasteiger partial charge in [0.2, 0.25) is 5.91 Å². The second kappa shape index (κ2) is 7.41. The minimum atomic E-state index is -0.0864. The Morgan fingerprint density at radius 3 is 2.23 bits per heavy atom. The van der Waals surface area contributed by atoms with E-state index in [0.717, 1.165) is 16.9 Å². The first kappa shape index (κ1) is 15.8. The van der Waals surface area contributed by atoms with Crippen LogP contribution in [0.15, 0.2) is 59.7 Å². The van der Waals surface area contributed by atoms with E-state index >= 15 is 0 Å². The molecule has 1 N–H and O–H groups in total. The number of hydrazone groups is 1. The molecule has 0 bridgehead atoms. The molecule has 22 heavy (non-hydrogen) atoms. The third-order valence-corrected chi connectivity index (χ3v) is 3.34. The molecule has 2 aromatic rings. The lowest BCUT2D eigenvalue weighted by atomic mass is 10.2. The highest BCUT2D eigenvalue weighted by Gasteiger charge is 2.04. The number of amides is 1. The summed E-state index contributed by atoms with van der Waals surface area (Å²) in [6.07, 6.45) is 1.65. The van der Waals surface area contributed by atoms with Crippen LogP contribution in [0.2, 0.25) is 0 Å².